The van der Waals surface area contributed by atoms with Crippen LogP contribution in [-0.2, 0) is 4.74 Å². The molecule has 8 nitrogen and oxygen atoms in total. The van der Waals surface area contributed by atoms with Gasteiger partial charge in [-0.2, -0.15) is 0 Å². The third-order valence-electron chi connectivity index (χ3n) is 5.48. The summed E-state index contributed by atoms with van der Waals surface area (Å²) in [5.41, 5.74) is -1.32. The molecule has 1 aromatic carbocycles. The molecule has 2 saturated heterocycles. The fourth-order valence-corrected chi connectivity index (χ4v) is 4.01. The zero-order chi connectivity index (χ0) is 22.1. The summed E-state index contributed by atoms with van der Waals surface area (Å²) in [7, 11) is 0. The topological polar surface area (TPSA) is 79.2 Å². The number of nitro groups is 1. The third-order valence-corrected chi connectivity index (χ3v) is 5.48. The van der Waals surface area contributed by atoms with Crippen molar-refractivity contribution in [3.63, 3.8) is 0 Å². The lowest BCUT2D eigenvalue weighted by Gasteiger charge is -2.43. The molecule has 2 heterocycles. The van der Waals surface area contributed by atoms with Crippen LogP contribution in [0.1, 0.15) is 33.6 Å². The Morgan fingerprint density at radius 1 is 1.07 bits per heavy atom. The van der Waals surface area contributed by atoms with Crippen molar-refractivity contribution in [2.24, 2.45) is 0 Å². The normalized spacial score (nSPS) is 19.1. The molecule has 0 spiro atoms. The van der Waals surface area contributed by atoms with Gasteiger partial charge in [-0.1, -0.05) is 0 Å². The van der Waals surface area contributed by atoms with Gasteiger partial charge in [0.15, 0.2) is 11.6 Å². The second-order valence-electron chi connectivity index (χ2n) is 8.74. The Morgan fingerprint density at radius 3 is 2.07 bits per heavy atom. The lowest BCUT2D eigenvalue weighted by molar-refractivity contribution is -0.385. The number of amides is 1. The van der Waals surface area contributed by atoms with Crippen molar-refractivity contribution in [1.29, 1.82) is 0 Å². The van der Waals surface area contributed by atoms with Gasteiger partial charge in [-0.25, -0.2) is 13.6 Å². The molecule has 0 N–H and O–H groups in total. The molecule has 2 aliphatic rings. The molecule has 3 rings (SSSR count). The van der Waals surface area contributed by atoms with E-state index < -0.39 is 27.8 Å². The lowest BCUT2D eigenvalue weighted by Crippen LogP contribution is -2.55. The summed E-state index contributed by atoms with van der Waals surface area (Å²) in [4.78, 5) is 27.8. The second-order valence-corrected chi connectivity index (χ2v) is 8.74. The Balaban J connectivity index is 1.53. The number of hydrogen-bond donors (Lipinski definition) is 0. The number of ether oxygens (including phenoxy) is 1. The van der Waals surface area contributed by atoms with E-state index >= 15 is 0 Å². The number of nitro benzene ring substituents is 1. The van der Waals surface area contributed by atoms with Crippen molar-refractivity contribution in [2.75, 3.05) is 44.2 Å². The summed E-state index contributed by atoms with van der Waals surface area (Å²) in [5.74, 6) is -1.82. The highest BCUT2D eigenvalue weighted by molar-refractivity contribution is 5.68. The van der Waals surface area contributed by atoms with Crippen LogP contribution in [0, 0.1) is 21.7 Å². The van der Waals surface area contributed by atoms with Crippen molar-refractivity contribution in [1.82, 2.24) is 9.80 Å². The van der Waals surface area contributed by atoms with E-state index in [-0.39, 0.29) is 17.8 Å². The van der Waals surface area contributed by atoms with Crippen LogP contribution in [0.3, 0.4) is 0 Å². The van der Waals surface area contributed by atoms with E-state index in [1.165, 1.54) is 0 Å². The van der Waals surface area contributed by atoms with Crippen molar-refractivity contribution in [3.05, 3.63) is 33.9 Å². The zero-order valence-electron chi connectivity index (χ0n) is 17.6. The Kier molecular flexibility index (Phi) is 6.44. The first kappa shape index (κ1) is 22.2. The van der Waals surface area contributed by atoms with Gasteiger partial charge in [-0.05, 0) is 33.6 Å². The largest absolute Gasteiger partial charge is 0.444 e. The summed E-state index contributed by atoms with van der Waals surface area (Å²) in [6.07, 6.45) is 1.14. The molecular weight excluding hydrogens is 398 g/mol. The van der Waals surface area contributed by atoms with Crippen LogP contribution < -0.4 is 4.90 Å². The number of halogens is 2. The molecule has 166 valence electrons. The number of carbonyl (C=O) groups excluding carboxylic acids is 1. The van der Waals surface area contributed by atoms with E-state index in [0.29, 0.717) is 26.2 Å². The van der Waals surface area contributed by atoms with E-state index in [0.717, 1.165) is 38.1 Å². The number of piperazine rings is 1. The van der Waals surface area contributed by atoms with Crippen LogP contribution in [0.4, 0.5) is 25.0 Å². The molecule has 0 aliphatic carbocycles. The fraction of sp³-hybridized carbons (Fsp3) is 0.650. The van der Waals surface area contributed by atoms with Crippen LogP contribution in [0.15, 0.2) is 12.1 Å². The first-order chi connectivity index (χ1) is 14.0. The fourth-order valence-electron chi connectivity index (χ4n) is 4.01. The number of nitrogens with zero attached hydrogens (tertiary/aromatic N) is 4. The van der Waals surface area contributed by atoms with Crippen LogP contribution in [0.5, 0.6) is 0 Å². The molecule has 0 bridgehead atoms. The molecule has 2 aliphatic heterocycles. The van der Waals surface area contributed by atoms with E-state index in [1.54, 1.807) is 9.80 Å². The highest BCUT2D eigenvalue weighted by Crippen LogP contribution is 2.31. The van der Waals surface area contributed by atoms with Crippen LogP contribution in [-0.4, -0.2) is 71.7 Å². The van der Waals surface area contributed by atoms with Crippen molar-refractivity contribution >= 4 is 17.5 Å². The van der Waals surface area contributed by atoms with Gasteiger partial charge in [-0.15, -0.1) is 0 Å². The molecule has 2 fully saturated rings. The van der Waals surface area contributed by atoms with Gasteiger partial charge in [0.2, 0.25) is 0 Å². The van der Waals surface area contributed by atoms with Crippen LogP contribution >= 0.6 is 0 Å². The van der Waals surface area contributed by atoms with E-state index in [9.17, 15) is 23.7 Å². The Labute approximate surface area is 174 Å². The van der Waals surface area contributed by atoms with E-state index in [4.69, 9.17) is 4.74 Å². The number of hydrogen-bond acceptors (Lipinski definition) is 6. The zero-order valence-corrected chi connectivity index (χ0v) is 17.6. The standard InChI is InChI=1S/C20H28F2N4O4/c1-20(2,3)30-19(27)25-10-8-23(9-11-25)14-4-6-24(7-5-14)18-16(21)12-15(26(28)29)13-17(18)22/h12-14H,4-11H2,1-3H3. The van der Waals surface area contributed by atoms with Gasteiger partial charge in [-0.3, -0.25) is 15.0 Å². The Hall–Kier alpha value is -2.49. The first-order valence-electron chi connectivity index (χ1n) is 10.2. The molecule has 10 heteroatoms. The molecule has 0 aromatic heterocycles. The summed E-state index contributed by atoms with van der Waals surface area (Å²) >= 11 is 0. The van der Waals surface area contributed by atoms with Crippen molar-refractivity contribution in [2.45, 2.75) is 45.3 Å². The molecule has 1 amide bonds. The molecule has 30 heavy (non-hydrogen) atoms. The molecule has 0 saturated carbocycles. The van der Waals surface area contributed by atoms with Gasteiger partial charge in [0.05, 0.1) is 17.1 Å². The summed E-state index contributed by atoms with van der Waals surface area (Å²) in [5, 5.41) is 10.8. The average Bonchev–Trinajstić information content (AvgIpc) is 2.66. The van der Waals surface area contributed by atoms with E-state index in [1.807, 2.05) is 20.8 Å². The predicted octanol–water partition coefficient (Wildman–Crippen LogP) is 3.39. The van der Waals surface area contributed by atoms with Crippen molar-refractivity contribution in [3.8, 4) is 0 Å². The number of carbonyl (C=O) groups is 1. The maximum Gasteiger partial charge on any atom is 0.410 e. The van der Waals surface area contributed by atoms with Gasteiger partial charge < -0.3 is 14.5 Å². The minimum atomic E-state index is -0.911. The monoisotopic (exact) mass is 426 g/mol. The van der Waals surface area contributed by atoms with Gasteiger partial charge in [0.1, 0.15) is 11.3 Å². The molecule has 0 unspecified atom stereocenters. The SMILES string of the molecule is CC(C)(C)OC(=O)N1CCN(C2CCN(c3c(F)cc([N+](=O)[O-])cc3F)CC2)CC1. The maximum atomic E-state index is 14.3. The number of rotatable bonds is 3. The Bertz CT molecular complexity index is 775. The average molecular weight is 426 g/mol. The molecule has 0 radical (unpaired) electrons. The first-order valence-corrected chi connectivity index (χ1v) is 10.2. The van der Waals surface area contributed by atoms with Crippen LogP contribution in [0.2, 0.25) is 0 Å². The lowest BCUT2D eigenvalue weighted by atomic mass is 10.0. The number of benzene rings is 1. The maximum absolute atomic E-state index is 14.3. The van der Waals surface area contributed by atoms with Gasteiger partial charge in [0.25, 0.3) is 5.69 Å². The van der Waals surface area contributed by atoms with E-state index in [2.05, 4.69) is 4.90 Å². The minimum absolute atomic E-state index is 0.200. The molecular formula is C20H28F2N4O4. The number of piperidine rings is 1. The number of anilines is 1. The highest BCUT2D eigenvalue weighted by atomic mass is 19.1. The Morgan fingerprint density at radius 2 is 1.60 bits per heavy atom. The summed E-state index contributed by atoms with van der Waals surface area (Å²) in [6, 6.07) is 1.80. The molecule has 1 aromatic rings. The third kappa shape index (κ3) is 5.16. The summed E-state index contributed by atoms with van der Waals surface area (Å²) in [6.45, 7) is 9.06. The van der Waals surface area contributed by atoms with Gasteiger partial charge in [0, 0.05) is 45.3 Å². The summed E-state index contributed by atoms with van der Waals surface area (Å²) < 4.78 is 34.0. The predicted molar refractivity (Wildman–Crippen MR) is 108 cm³/mol. The number of non-ortho nitro benzene ring substituents is 1. The highest BCUT2D eigenvalue weighted by Gasteiger charge is 2.32. The van der Waals surface area contributed by atoms with Crippen molar-refractivity contribution < 1.29 is 23.2 Å². The van der Waals surface area contributed by atoms with Crippen LogP contribution in [0.25, 0.3) is 0 Å². The minimum Gasteiger partial charge on any atom is -0.444 e. The van der Waals surface area contributed by atoms with Gasteiger partial charge >= 0.3 is 6.09 Å². The second kappa shape index (κ2) is 8.71. The smallest absolute Gasteiger partial charge is 0.410 e. The molecule has 0 atom stereocenters. The quantitative estimate of drug-likeness (QED) is 0.545.